The van der Waals surface area contributed by atoms with E-state index in [9.17, 15) is 5.26 Å². The van der Waals surface area contributed by atoms with Gasteiger partial charge in [-0.2, -0.15) is 10.4 Å². The molecule has 1 fully saturated rings. The highest BCUT2D eigenvalue weighted by Crippen LogP contribution is 2.25. The molecule has 0 spiro atoms. The number of hydrogen-bond acceptors (Lipinski definition) is 3. The number of nitrogens with one attached hydrogen (secondary N) is 1. The fourth-order valence-corrected chi connectivity index (χ4v) is 2.06. The van der Waals surface area contributed by atoms with Crippen LogP contribution in [0.15, 0.2) is 0 Å². The van der Waals surface area contributed by atoms with Crippen LogP contribution in [0.4, 0.5) is 0 Å². The highest BCUT2D eigenvalue weighted by atomic mass is 35.5. The number of aromatic nitrogens is 2. The van der Waals surface area contributed by atoms with E-state index in [1.54, 1.807) is 0 Å². The van der Waals surface area contributed by atoms with Crippen LogP contribution in [-0.2, 0) is 6.54 Å². The number of rotatable bonds is 4. The summed E-state index contributed by atoms with van der Waals surface area (Å²) >= 11 is 6.10. The maximum absolute atomic E-state index is 9.30. The Morgan fingerprint density at radius 2 is 2.24 bits per heavy atom. The number of hydrogen-bond donors (Lipinski definition) is 1. The van der Waals surface area contributed by atoms with E-state index in [2.05, 4.69) is 16.5 Å². The van der Waals surface area contributed by atoms with E-state index in [1.165, 1.54) is 0 Å². The molecule has 0 aromatic carbocycles. The van der Waals surface area contributed by atoms with Gasteiger partial charge in [0.05, 0.1) is 29.0 Å². The van der Waals surface area contributed by atoms with E-state index in [0.717, 1.165) is 24.2 Å². The van der Waals surface area contributed by atoms with Crippen molar-refractivity contribution < 1.29 is 0 Å². The van der Waals surface area contributed by atoms with Crippen molar-refractivity contribution in [2.45, 2.75) is 51.7 Å². The Hall–Kier alpha value is -1.05. The quantitative estimate of drug-likeness (QED) is 0.894. The second kappa shape index (κ2) is 4.32. The zero-order valence-corrected chi connectivity index (χ0v) is 11.2. The molecule has 2 rings (SSSR count). The lowest BCUT2D eigenvalue weighted by Crippen LogP contribution is -2.46. The van der Waals surface area contributed by atoms with Crippen molar-refractivity contribution in [2.24, 2.45) is 0 Å². The lowest BCUT2D eigenvalue weighted by molar-refractivity contribution is 0.363. The maximum atomic E-state index is 9.30. The fourth-order valence-electron chi connectivity index (χ4n) is 1.92. The number of nitriles is 1. The van der Waals surface area contributed by atoms with Crippen molar-refractivity contribution in [3.05, 3.63) is 16.4 Å². The van der Waals surface area contributed by atoms with Gasteiger partial charge < -0.3 is 0 Å². The summed E-state index contributed by atoms with van der Waals surface area (Å²) in [6.07, 6.45) is 2.32. The van der Waals surface area contributed by atoms with E-state index >= 15 is 0 Å². The Bertz CT molecular complexity index is 470. The zero-order valence-electron chi connectivity index (χ0n) is 10.4. The van der Waals surface area contributed by atoms with Gasteiger partial charge in [0.1, 0.15) is 5.54 Å². The Morgan fingerprint density at radius 3 is 2.65 bits per heavy atom. The van der Waals surface area contributed by atoms with Crippen molar-refractivity contribution >= 4 is 11.6 Å². The third-order valence-electron chi connectivity index (χ3n) is 3.11. The Morgan fingerprint density at radius 1 is 1.59 bits per heavy atom. The predicted octanol–water partition coefficient (Wildman–Crippen LogP) is 2.19. The first-order valence-electron chi connectivity index (χ1n) is 5.83. The molecule has 1 aromatic rings. The van der Waals surface area contributed by atoms with Gasteiger partial charge in [-0.15, -0.1) is 0 Å². The highest BCUT2D eigenvalue weighted by Gasteiger charge is 2.33. The van der Waals surface area contributed by atoms with Gasteiger partial charge in [0.25, 0.3) is 0 Å². The predicted molar refractivity (Wildman–Crippen MR) is 66.9 cm³/mol. The lowest BCUT2D eigenvalue weighted by atomic mass is 10.0. The van der Waals surface area contributed by atoms with Crippen LogP contribution in [0.1, 0.15) is 31.2 Å². The third kappa shape index (κ3) is 2.62. The van der Waals surface area contributed by atoms with Crippen molar-refractivity contribution in [2.75, 3.05) is 0 Å². The molecule has 92 valence electrons. The molecule has 0 aliphatic heterocycles. The minimum atomic E-state index is -0.576. The summed E-state index contributed by atoms with van der Waals surface area (Å²) in [4.78, 5) is 0. The first-order valence-corrected chi connectivity index (χ1v) is 6.21. The largest absolute Gasteiger partial charge is 0.295 e. The second-order valence-corrected chi connectivity index (χ2v) is 5.38. The second-order valence-electron chi connectivity index (χ2n) is 5.00. The van der Waals surface area contributed by atoms with Crippen LogP contribution >= 0.6 is 11.6 Å². The van der Waals surface area contributed by atoms with E-state index in [1.807, 2.05) is 25.5 Å². The zero-order chi connectivity index (χ0) is 12.6. The summed E-state index contributed by atoms with van der Waals surface area (Å²) in [5.41, 5.74) is 1.16. The van der Waals surface area contributed by atoms with Gasteiger partial charge in [-0.1, -0.05) is 11.6 Å². The maximum Gasteiger partial charge on any atom is 0.123 e. The molecule has 0 radical (unpaired) electrons. The van der Waals surface area contributed by atoms with Crippen LogP contribution in [-0.4, -0.2) is 21.4 Å². The van der Waals surface area contributed by atoms with Crippen LogP contribution in [0.2, 0.25) is 5.02 Å². The molecule has 4 nitrogen and oxygen atoms in total. The number of halogens is 1. The van der Waals surface area contributed by atoms with Crippen LogP contribution in [0.5, 0.6) is 0 Å². The van der Waals surface area contributed by atoms with Crippen LogP contribution in [0, 0.1) is 25.2 Å². The minimum absolute atomic E-state index is 0.493. The molecule has 1 unspecified atom stereocenters. The van der Waals surface area contributed by atoms with Gasteiger partial charge in [0.15, 0.2) is 0 Å². The first kappa shape index (κ1) is 12.4. The van der Waals surface area contributed by atoms with Gasteiger partial charge in [0.2, 0.25) is 0 Å². The van der Waals surface area contributed by atoms with E-state index in [0.29, 0.717) is 17.6 Å². The van der Waals surface area contributed by atoms with Crippen LogP contribution in [0.3, 0.4) is 0 Å². The highest BCUT2D eigenvalue weighted by molar-refractivity contribution is 6.31. The molecule has 1 heterocycles. The Balaban J connectivity index is 2.17. The molecule has 1 saturated carbocycles. The monoisotopic (exact) mass is 252 g/mol. The molecule has 0 saturated heterocycles. The summed E-state index contributed by atoms with van der Waals surface area (Å²) in [5, 5.41) is 17.7. The molecular weight excluding hydrogens is 236 g/mol. The van der Waals surface area contributed by atoms with E-state index in [4.69, 9.17) is 11.6 Å². The van der Waals surface area contributed by atoms with Gasteiger partial charge in [-0.05, 0) is 33.6 Å². The summed E-state index contributed by atoms with van der Waals surface area (Å²) in [6.45, 7) is 6.25. The Kier molecular flexibility index (Phi) is 3.15. The molecule has 0 amide bonds. The van der Waals surface area contributed by atoms with Gasteiger partial charge in [-0.3, -0.25) is 10.00 Å². The number of nitrogens with zero attached hydrogens (tertiary/aromatic N) is 3. The molecule has 5 heteroatoms. The third-order valence-corrected chi connectivity index (χ3v) is 3.65. The average molecular weight is 253 g/mol. The molecule has 1 aliphatic rings. The van der Waals surface area contributed by atoms with Crippen LogP contribution < -0.4 is 5.32 Å². The number of aryl methyl sites for hydroxylation is 1. The molecule has 1 N–H and O–H groups in total. The van der Waals surface area contributed by atoms with Gasteiger partial charge in [-0.25, -0.2) is 0 Å². The van der Waals surface area contributed by atoms with Crippen molar-refractivity contribution in [1.29, 1.82) is 5.26 Å². The van der Waals surface area contributed by atoms with Gasteiger partial charge >= 0.3 is 0 Å². The first-order chi connectivity index (χ1) is 7.95. The summed E-state index contributed by atoms with van der Waals surface area (Å²) in [6, 6.07) is 2.83. The molecule has 1 aromatic heterocycles. The summed E-state index contributed by atoms with van der Waals surface area (Å²) in [5.74, 6) is 0. The SMILES string of the molecule is Cc1nn(CC(C)(C#N)NC2CC2)c(C)c1Cl. The van der Waals surface area contributed by atoms with Crippen molar-refractivity contribution in [1.82, 2.24) is 15.1 Å². The standard InChI is InChI=1S/C12H17ClN4/c1-8-11(13)9(2)17(16-8)7-12(3,6-14)15-10-4-5-10/h10,15H,4-5,7H2,1-3H3. The van der Waals surface area contributed by atoms with E-state index < -0.39 is 5.54 Å². The van der Waals surface area contributed by atoms with Crippen molar-refractivity contribution in [3.63, 3.8) is 0 Å². The molecule has 1 aliphatic carbocycles. The lowest BCUT2D eigenvalue weighted by Gasteiger charge is -2.23. The molecular formula is C12H17ClN4. The molecule has 0 bridgehead atoms. The van der Waals surface area contributed by atoms with Crippen molar-refractivity contribution in [3.8, 4) is 6.07 Å². The topological polar surface area (TPSA) is 53.6 Å². The summed E-state index contributed by atoms with van der Waals surface area (Å²) < 4.78 is 1.82. The van der Waals surface area contributed by atoms with E-state index in [-0.39, 0.29) is 0 Å². The minimum Gasteiger partial charge on any atom is -0.295 e. The Labute approximate surface area is 107 Å². The normalized spacial score (nSPS) is 18.8. The average Bonchev–Trinajstić information content (AvgIpc) is 3.05. The fraction of sp³-hybridized carbons (Fsp3) is 0.667. The molecule has 1 atom stereocenters. The molecule has 17 heavy (non-hydrogen) atoms. The smallest absolute Gasteiger partial charge is 0.123 e. The van der Waals surface area contributed by atoms with Crippen LogP contribution in [0.25, 0.3) is 0 Å². The summed E-state index contributed by atoms with van der Waals surface area (Å²) in [7, 11) is 0. The van der Waals surface area contributed by atoms with Gasteiger partial charge in [0, 0.05) is 6.04 Å².